The Balaban J connectivity index is 1.74. The van der Waals surface area contributed by atoms with Gasteiger partial charge in [-0.05, 0) is 35.7 Å². The summed E-state index contributed by atoms with van der Waals surface area (Å²) in [6.07, 6.45) is 2.41. The second kappa shape index (κ2) is 10.2. The normalized spacial score (nSPS) is 11.1. The first-order valence-electron chi connectivity index (χ1n) is 11.4. The molecule has 184 valence electrons. The van der Waals surface area contributed by atoms with Crippen LogP contribution in [-0.2, 0) is 26.6 Å². The van der Waals surface area contributed by atoms with Gasteiger partial charge in [-0.3, -0.25) is 0 Å². The second-order valence-corrected chi connectivity index (χ2v) is 8.29. The van der Waals surface area contributed by atoms with Gasteiger partial charge in [0.25, 0.3) is 0 Å². The Morgan fingerprint density at radius 2 is 1.91 bits per heavy atom. The Labute approximate surface area is 204 Å². The number of fused-ring (bicyclic) bond motifs is 1. The summed E-state index contributed by atoms with van der Waals surface area (Å²) in [7, 11) is 6.98. The minimum absolute atomic E-state index is 0.288. The molecule has 0 radical (unpaired) electrons. The molecule has 0 unspecified atom stereocenters. The number of methoxy groups -OCH3 is 2. The molecular weight excluding hydrogens is 447 g/mol. The van der Waals surface area contributed by atoms with Gasteiger partial charge in [-0.25, -0.2) is 14.4 Å². The van der Waals surface area contributed by atoms with Gasteiger partial charge in [0.2, 0.25) is 0 Å². The summed E-state index contributed by atoms with van der Waals surface area (Å²) in [5.41, 5.74) is 10.4. The van der Waals surface area contributed by atoms with E-state index in [0.717, 1.165) is 27.7 Å². The molecule has 0 aliphatic rings. The lowest BCUT2D eigenvalue weighted by Gasteiger charge is -2.24. The minimum atomic E-state index is -0.323. The average molecular weight is 479 g/mol. The van der Waals surface area contributed by atoms with E-state index in [-0.39, 0.29) is 12.4 Å². The number of nitrogens with one attached hydrogen (secondary N) is 1. The van der Waals surface area contributed by atoms with Crippen molar-refractivity contribution in [1.29, 1.82) is 0 Å². The van der Waals surface area contributed by atoms with E-state index >= 15 is 4.39 Å². The van der Waals surface area contributed by atoms with E-state index in [9.17, 15) is 0 Å². The number of benzene rings is 2. The standard InChI is InChI=1S/C26H31FN6O2/c1-6-17-9-16(13-28)10-20(27)25(17)33(3)23-12-21-24(30-15-32(21)2)26(31-23)29-14-18-7-8-19(34-4)11-22(18)35-5/h7-12,15H,6,13-14,28H2,1-5H3,(H,29,31). The molecule has 4 aromatic rings. The van der Waals surface area contributed by atoms with Crippen LogP contribution in [0.5, 0.6) is 11.5 Å². The van der Waals surface area contributed by atoms with E-state index in [2.05, 4.69) is 10.3 Å². The van der Waals surface area contributed by atoms with E-state index in [1.54, 1.807) is 25.4 Å². The molecule has 0 bridgehead atoms. The van der Waals surface area contributed by atoms with E-state index in [1.165, 1.54) is 6.07 Å². The van der Waals surface area contributed by atoms with Crippen LogP contribution in [-0.4, -0.2) is 35.8 Å². The number of anilines is 3. The number of aromatic nitrogens is 3. The fraction of sp³-hybridized carbons (Fsp3) is 0.308. The Kier molecular flexibility index (Phi) is 7.07. The molecule has 35 heavy (non-hydrogen) atoms. The van der Waals surface area contributed by atoms with Crippen molar-refractivity contribution in [3.05, 3.63) is 65.2 Å². The summed E-state index contributed by atoms with van der Waals surface area (Å²) in [5, 5.41) is 3.39. The molecule has 0 aliphatic heterocycles. The minimum Gasteiger partial charge on any atom is -0.497 e. The van der Waals surface area contributed by atoms with Crippen molar-refractivity contribution in [3.63, 3.8) is 0 Å². The van der Waals surface area contributed by atoms with Crippen molar-refractivity contribution in [2.24, 2.45) is 12.8 Å². The largest absolute Gasteiger partial charge is 0.497 e. The van der Waals surface area contributed by atoms with E-state index in [4.69, 9.17) is 20.2 Å². The molecular formula is C26H31FN6O2. The summed E-state index contributed by atoms with van der Waals surface area (Å²) < 4.78 is 27.9. The van der Waals surface area contributed by atoms with Crippen LogP contribution in [0.3, 0.4) is 0 Å². The highest BCUT2D eigenvalue weighted by atomic mass is 19.1. The van der Waals surface area contributed by atoms with Gasteiger partial charge in [-0.1, -0.05) is 13.0 Å². The van der Waals surface area contributed by atoms with Crippen LogP contribution in [0.1, 0.15) is 23.6 Å². The van der Waals surface area contributed by atoms with Crippen LogP contribution in [0.25, 0.3) is 11.0 Å². The maximum absolute atomic E-state index is 15.2. The number of nitrogens with two attached hydrogens (primary N) is 1. The van der Waals surface area contributed by atoms with Gasteiger partial charge in [-0.2, -0.15) is 0 Å². The highest BCUT2D eigenvalue weighted by molar-refractivity contribution is 5.89. The van der Waals surface area contributed by atoms with Crippen molar-refractivity contribution in [3.8, 4) is 11.5 Å². The smallest absolute Gasteiger partial charge is 0.156 e. The van der Waals surface area contributed by atoms with Crippen molar-refractivity contribution in [2.45, 2.75) is 26.4 Å². The Morgan fingerprint density at radius 3 is 2.60 bits per heavy atom. The van der Waals surface area contributed by atoms with Crippen LogP contribution in [0, 0.1) is 5.82 Å². The molecule has 2 aromatic heterocycles. The van der Waals surface area contributed by atoms with Gasteiger partial charge in [0.1, 0.15) is 28.7 Å². The molecule has 9 heteroatoms. The van der Waals surface area contributed by atoms with Gasteiger partial charge >= 0.3 is 0 Å². The second-order valence-electron chi connectivity index (χ2n) is 8.29. The number of nitrogens with zero attached hydrogens (tertiary/aromatic N) is 4. The first-order chi connectivity index (χ1) is 16.9. The van der Waals surface area contributed by atoms with E-state index in [0.29, 0.717) is 41.8 Å². The Bertz CT molecular complexity index is 1350. The summed E-state index contributed by atoms with van der Waals surface area (Å²) in [6.45, 7) is 2.74. The summed E-state index contributed by atoms with van der Waals surface area (Å²) in [6, 6.07) is 11.0. The van der Waals surface area contributed by atoms with Gasteiger partial charge < -0.3 is 30.0 Å². The van der Waals surface area contributed by atoms with Crippen molar-refractivity contribution in [1.82, 2.24) is 14.5 Å². The summed E-state index contributed by atoms with van der Waals surface area (Å²) in [5.74, 6) is 2.29. The molecule has 0 spiro atoms. The van der Waals surface area contributed by atoms with Crippen LogP contribution < -0.4 is 25.4 Å². The number of hydrogen-bond acceptors (Lipinski definition) is 7. The number of rotatable bonds is 9. The number of aryl methyl sites for hydroxylation is 2. The third-order valence-electron chi connectivity index (χ3n) is 6.14. The molecule has 2 aromatic carbocycles. The fourth-order valence-electron chi connectivity index (χ4n) is 4.18. The molecule has 3 N–H and O–H groups in total. The zero-order chi connectivity index (χ0) is 25.1. The maximum atomic E-state index is 15.2. The third kappa shape index (κ3) is 4.72. The molecule has 0 aliphatic carbocycles. The van der Waals surface area contributed by atoms with Crippen molar-refractivity contribution >= 4 is 28.4 Å². The van der Waals surface area contributed by atoms with Crippen LogP contribution in [0.15, 0.2) is 42.7 Å². The van der Waals surface area contributed by atoms with Crippen LogP contribution in [0.4, 0.5) is 21.7 Å². The van der Waals surface area contributed by atoms with E-state index in [1.807, 2.05) is 55.9 Å². The van der Waals surface area contributed by atoms with Crippen LogP contribution in [0.2, 0.25) is 0 Å². The number of halogens is 1. The molecule has 0 saturated carbocycles. The van der Waals surface area contributed by atoms with Gasteiger partial charge in [0, 0.05) is 44.9 Å². The van der Waals surface area contributed by atoms with Crippen molar-refractivity contribution < 1.29 is 13.9 Å². The summed E-state index contributed by atoms with van der Waals surface area (Å²) in [4.78, 5) is 11.1. The molecule has 0 atom stereocenters. The molecule has 2 heterocycles. The molecule has 0 saturated heterocycles. The monoisotopic (exact) mass is 478 g/mol. The summed E-state index contributed by atoms with van der Waals surface area (Å²) >= 11 is 0. The lowest BCUT2D eigenvalue weighted by Crippen LogP contribution is -2.17. The molecule has 0 amide bonds. The Morgan fingerprint density at radius 1 is 1.11 bits per heavy atom. The molecule has 4 rings (SSSR count). The average Bonchev–Trinajstić information content (AvgIpc) is 3.26. The van der Waals surface area contributed by atoms with E-state index < -0.39 is 0 Å². The predicted octanol–water partition coefficient (Wildman–Crippen LogP) is 4.53. The lowest BCUT2D eigenvalue weighted by atomic mass is 10.0. The first-order valence-corrected chi connectivity index (χ1v) is 11.4. The van der Waals surface area contributed by atoms with Crippen LogP contribution >= 0.6 is 0 Å². The number of ether oxygens (including phenoxy) is 2. The van der Waals surface area contributed by atoms with Gasteiger partial charge in [-0.15, -0.1) is 0 Å². The first kappa shape index (κ1) is 24.3. The van der Waals surface area contributed by atoms with Crippen molar-refractivity contribution in [2.75, 3.05) is 31.5 Å². The number of pyridine rings is 1. The molecule has 8 nitrogen and oxygen atoms in total. The quantitative estimate of drug-likeness (QED) is 0.365. The highest BCUT2D eigenvalue weighted by Gasteiger charge is 2.19. The number of hydrogen-bond donors (Lipinski definition) is 2. The predicted molar refractivity (Wildman–Crippen MR) is 137 cm³/mol. The topological polar surface area (TPSA) is 90.5 Å². The zero-order valence-electron chi connectivity index (χ0n) is 20.7. The highest BCUT2D eigenvalue weighted by Crippen LogP contribution is 2.34. The number of imidazole rings is 1. The van der Waals surface area contributed by atoms with Gasteiger partial charge in [0.05, 0.1) is 31.8 Å². The lowest BCUT2D eigenvalue weighted by molar-refractivity contribution is 0.391. The van der Waals surface area contributed by atoms with Gasteiger partial charge in [0.15, 0.2) is 5.82 Å². The zero-order valence-corrected chi connectivity index (χ0v) is 20.7. The maximum Gasteiger partial charge on any atom is 0.156 e. The fourth-order valence-corrected chi connectivity index (χ4v) is 4.18. The molecule has 0 fully saturated rings. The third-order valence-corrected chi connectivity index (χ3v) is 6.14. The SMILES string of the molecule is CCc1cc(CN)cc(F)c1N(C)c1cc2c(ncn2C)c(NCc2ccc(OC)cc2OC)n1. The Hall–Kier alpha value is -3.85.